The van der Waals surface area contributed by atoms with Crippen molar-refractivity contribution in [3.8, 4) is 0 Å². The molecule has 0 aliphatic heterocycles. The molecule has 1 rings (SSSR count). The normalized spacial score (nSPS) is 12.8. The molecule has 1 atom stereocenters. The molecule has 1 heteroatoms. The summed E-state index contributed by atoms with van der Waals surface area (Å²) in [6.07, 6.45) is 2.52. The summed E-state index contributed by atoms with van der Waals surface area (Å²) in [4.78, 5) is 0. The first-order chi connectivity index (χ1) is 7.16. The van der Waals surface area contributed by atoms with Crippen molar-refractivity contribution in [1.29, 1.82) is 0 Å². The van der Waals surface area contributed by atoms with Crippen molar-refractivity contribution in [3.63, 3.8) is 0 Å². The maximum atomic E-state index is 3.57. The van der Waals surface area contributed by atoms with Crippen molar-refractivity contribution >= 4 is 0 Å². The Balaban J connectivity index is 2.65. The molecule has 0 saturated carbocycles. The first-order valence-corrected chi connectivity index (χ1v) is 5.96. The molecule has 0 aliphatic carbocycles. The van der Waals surface area contributed by atoms with E-state index in [9.17, 15) is 0 Å². The van der Waals surface area contributed by atoms with Crippen LogP contribution in [0.3, 0.4) is 0 Å². The summed E-state index contributed by atoms with van der Waals surface area (Å²) < 4.78 is 0. The third-order valence-corrected chi connectivity index (χ3v) is 3.09. The molecule has 1 N–H and O–H groups in total. The summed E-state index contributed by atoms with van der Waals surface area (Å²) in [6.45, 7) is 9.98. The second kappa shape index (κ2) is 5.92. The van der Waals surface area contributed by atoms with Crippen LogP contribution in [0.15, 0.2) is 18.2 Å². The number of hydrogen-bond donors (Lipinski definition) is 1. The number of aryl methyl sites for hydroxylation is 1. The fourth-order valence-electron chi connectivity index (χ4n) is 1.85. The second-order valence-corrected chi connectivity index (χ2v) is 4.32. The van der Waals surface area contributed by atoms with Gasteiger partial charge in [0.25, 0.3) is 0 Å². The van der Waals surface area contributed by atoms with E-state index in [4.69, 9.17) is 0 Å². The highest BCUT2D eigenvalue weighted by atomic mass is 14.9. The Bertz CT molecular complexity index is 304. The van der Waals surface area contributed by atoms with Gasteiger partial charge in [-0.15, -0.1) is 0 Å². The van der Waals surface area contributed by atoms with Crippen molar-refractivity contribution in [2.24, 2.45) is 0 Å². The minimum atomic E-state index is 0.469. The lowest BCUT2D eigenvalue weighted by molar-refractivity contribution is 0.552. The monoisotopic (exact) mass is 205 g/mol. The highest BCUT2D eigenvalue weighted by Gasteiger charge is 2.07. The molecule has 15 heavy (non-hydrogen) atoms. The zero-order valence-electron chi connectivity index (χ0n) is 10.4. The highest BCUT2D eigenvalue weighted by Crippen LogP contribution is 2.19. The zero-order valence-corrected chi connectivity index (χ0v) is 10.4. The van der Waals surface area contributed by atoms with E-state index in [-0.39, 0.29) is 0 Å². The second-order valence-electron chi connectivity index (χ2n) is 4.32. The summed E-state index contributed by atoms with van der Waals surface area (Å²) in [6, 6.07) is 7.02. The molecule has 0 heterocycles. The highest BCUT2D eigenvalue weighted by molar-refractivity contribution is 5.34. The first-order valence-electron chi connectivity index (χ1n) is 5.96. The first kappa shape index (κ1) is 12.3. The standard InChI is InChI=1S/C14H23N/c1-5-6-10-15-13(4)14-9-7-8-11(2)12(14)3/h7-9,13,15H,5-6,10H2,1-4H3. The van der Waals surface area contributed by atoms with Crippen molar-refractivity contribution in [2.45, 2.75) is 46.6 Å². The molecule has 1 aromatic rings. The molecule has 1 aromatic carbocycles. The lowest BCUT2D eigenvalue weighted by Gasteiger charge is -2.17. The van der Waals surface area contributed by atoms with E-state index in [1.165, 1.54) is 29.5 Å². The third kappa shape index (κ3) is 3.35. The van der Waals surface area contributed by atoms with Crippen LogP contribution >= 0.6 is 0 Å². The fraction of sp³-hybridized carbons (Fsp3) is 0.571. The maximum Gasteiger partial charge on any atom is 0.0294 e. The van der Waals surface area contributed by atoms with Crippen LogP contribution in [0.25, 0.3) is 0 Å². The van der Waals surface area contributed by atoms with Crippen LogP contribution < -0.4 is 5.32 Å². The van der Waals surface area contributed by atoms with Crippen LogP contribution in [0, 0.1) is 13.8 Å². The van der Waals surface area contributed by atoms with Crippen LogP contribution in [0.5, 0.6) is 0 Å². The minimum Gasteiger partial charge on any atom is -0.310 e. The predicted molar refractivity (Wildman–Crippen MR) is 67.2 cm³/mol. The lowest BCUT2D eigenvalue weighted by atomic mass is 9.98. The smallest absolute Gasteiger partial charge is 0.0294 e. The number of benzene rings is 1. The van der Waals surface area contributed by atoms with Gasteiger partial charge in [0.1, 0.15) is 0 Å². The molecule has 0 radical (unpaired) electrons. The lowest BCUT2D eigenvalue weighted by Crippen LogP contribution is -2.20. The predicted octanol–water partition coefficient (Wildman–Crippen LogP) is 3.75. The number of unbranched alkanes of at least 4 members (excludes halogenated alkanes) is 1. The Morgan fingerprint density at radius 3 is 2.67 bits per heavy atom. The van der Waals surface area contributed by atoms with Gasteiger partial charge in [0.05, 0.1) is 0 Å². The van der Waals surface area contributed by atoms with Crippen LogP contribution in [0.4, 0.5) is 0 Å². The molecule has 1 unspecified atom stereocenters. The molecule has 0 saturated heterocycles. The fourth-order valence-corrected chi connectivity index (χ4v) is 1.85. The van der Waals surface area contributed by atoms with Crippen LogP contribution in [-0.4, -0.2) is 6.54 Å². The van der Waals surface area contributed by atoms with Crippen LogP contribution in [0.1, 0.15) is 49.4 Å². The summed E-state index contributed by atoms with van der Waals surface area (Å²) in [5, 5.41) is 3.57. The summed E-state index contributed by atoms with van der Waals surface area (Å²) in [5.41, 5.74) is 4.25. The zero-order chi connectivity index (χ0) is 11.3. The van der Waals surface area contributed by atoms with Gasteiger partial charge in [0, 0.05) is 6.04 Å². The molecule has 0 bridgehead atoms. The van der Waals surface area contributed by atoms with E-state index in [0.29, 0.717) is 6.04 Å². The van der Waals surface area contributed by atoms with Crippen molar-refractivity contribution in [2.75, 3.05) is 6.54 Å². The van der Waals surface area contributed by atoms with E-state index in [1.807, 2.05) is 0 Å². The van der Waals surface area contributed by atoms with Crippen LogP contribution in [0.2, 0.25) is 0 Å². The van der Waals surface area contributed by atoms with Crippen LogP contribution in [-0.2, 0) is 0 Å². The Morgan fingerprint density at radius 1 is 1.27 bits per heavy atom. The molecule has 0 amide bonds. The van der Waals surface area contributed by atoms with Gasteiger partial charge >= 0.3 is 0 Å². The van der Waals surface area contributed by atoms with E-state index >= 15 is 0 Å². The van der Waals surface area contributed by atoms with Crippen molar-refractivity contribution in [1.82, 2.24) is 5.32 Å². The average Bonchev–Trinajstić information content (AvgIpc) is 2.22. The maximum absolute atomic E-state index is 3.57. The average molecular weight is 205 g/mol. The Labute approximate surface area is 93.9 Å². The molecule has 0 fully saturated rings. The largest absolute Gasteiger partial charge is 0.310 e. The summed E-state index contributed by atoms with van der Waals surface area (Å²) >= 11 is 0. The summed E-state index contributed by atoms with van der Waals surface area (Å²) in [5.74, 6) is 0. The van der Waals surface area contributed by atoms with Gasteiger partial charge in [-0.2, -0.15) is 0 Å². The Kier molecular flexibility index (Phi) is 4.83. The topological polar surface area (TPSA) is 12.0 Å². The molecule has 0 aromatic heterocycles. The van der Waals surface area contributed by atoms with E-state index in [1.54, 1.807) is 0 Å². The molecular formula is C14H23N. The van der Waals surface area contributed by atoms with E-state index < -0.39 is 0 Å². The van der Waals surface area contributed by atoms with Gasteiger partial charge in [-0.25, -0.2) is 0 Å². The van der Waals surface area contributed by atoms with Crippen molar-refractivity contribution in [3.05, 3.63) is 34.9 Å². The number of nitrogens with one attached hydrogen (secondary N) is 1. The van der Waals surface area contributed by atoms with E-state index in [2.05, 4.69) is 51.2 Å². The van der Waals surface area contributed by atoms with Gasteiger partial charge < -0.3 is 5.32 Å². The van der Waals surface area contributed by atoms with Gasteiger partial charge in [-0.1, -0.05) is 31.5 Å². The molecule has 1 nitrogen and oxygen atoms in total. The quantitative estimate of drug-likeness (QED) is 0.722. The van der Waals surface area contributed by atoms with E-state index in [0.717, 1.165) is 6.54 Å². The summed E-state index contributed by atoms with van der Waals surface area (Å²) in [7, 11) is 0. The van der Waals surface area contributed by atoms with Gasteiger partial charge in [-0.05, 0) is 50.4 Å². The third-order valence-electron chi connectivity index (χ3n) is 3.09. The van der Waals surface area contributed by atoms with Gasteiger partial charge in [0.2, 0.25) is 0 Å². The Hall–Kier alpha value is -0.820. The minimum absolute atomic E-state index is 0.469. The van der Waals surface area contributed by atoms with Crippen molar-refractivity contribution < 1.29 is 0 Å². The van der Waals surface area contributed by atoms with Gasteiger partial charge in [-0.3, -0.25) is 0 Å². The van der Waals surface area contributed by atoms with Gasteiger partial charge in [0.15, 0.2) is 0 Å². The number of hydrogen-bond acceptors (Lipinski definition) is 1. The molecule has 84 valence electrons. The number of rotatable bonds is 5. The molecule has 0 spiro atoms. The molecule has 0 aliphatic rings. The SMILES string of the molecule is CCCCNC(C)c1cccc(C)c1C. The Morgan fingerprint density at radius 2 is 2.00 bits per heavy atom. The molecular weight excluding hydrogens is 182 g/mol.